The van der Waals surface area contributed by atoms with Gasteiger partial charge in [0.25, 0.3) is 0 Å². The number of ether oxygens (including phenoxy) is 2. The highest BCUT2D eigenvalue weighted by atomic mass is 16.5. The minimum Gasteiger partial charge on any atom is -0.493 e. The van der Waals surface area contributed by atoms with Crippen molar-refractivity contribution in [3.8, 4) is 11.5 Å². The molecule has 0 spiro atoms. The highest BCUT2D eigenvalue weighted by molar-refractivity contribution is 5.90. The van der Waals surface area contributed by atoms with Crippen LogP contribution in [0, 0.1) is 0 Å². The molecule has 5 rings (SSSR count). The normalized spacial score (nSPS) is 23.4. The first-order valence-corrected chi connectivity index (χ1v) is 11.7. The predicted octanol–water partition coefficient (Wildman–Crippen LogP) is 2.73. The number of hydrogen-bond acceptors (Lipinski definition) is 5. The largest absolute Gasteiger partial charge is 0.493 e. The average molecular weight is 450 g/mol. The number of benzene rings is 2. The number of carbonyl (C=O) groups excluding carboxylic acids is 2. The van der Waals surface area contributed by atoms with Crippen molar-refractivity contribution < 1.29 is 19.1 Å². The van der Waals surface area contributed by atoms with Gasteiger partial charge in [0.15, 0.2) is 11.5 Å². The third kappa shape index (κ3) is 3.64. The summed E-state index contributed by atoms with van der Waals surface area (Å²) in [5.74, 6) is 1.35. The van der Waals surface area contributed by atoms with Gasteiger partial charge in [-0.25, -0.2) is 0 Å². The lowest BCUT2D eigenvalue weighted by atomic mass is 9.79. The summed E-state index contributed by atoms with van der Waals surface area (Å²) in [4.78, 5) is 29.1. The van der Waals surface area contributed by atoms with Gasteiger partial charge in [-0.15, -0.1) is 0 Å². The van der Waals surface area contributed by atoms with Gasteiger partial charge in [-0.1, -0.05) is 43.2 Å². The summed E-state index contributed by atoms with van der Waals surface area (Å²) in [6, 6.07) is 13.5. The fraction of sp³-hybridized carbons (Fsp3) is 0.462. The molecule has 2 fully saturated rings. The number of hydrogen-bond donors (Lipinski definition) is 2. The highest BCUT2D eigenvalue weighted by Gasteiger charge is 2.56. The van der Waals surface area contributed by atoms with Gasteiger partial charge in [0, 0.05) is 13.1 Å². The number of amides is 2. The second kappa shape index (κ2) is 8.71. The number of nitrogens with zero attached hydrogens (tertiary/aromatic N) is 1. The Bertz CT molecular complexity index is 1050. The number of piperazine rings is 1. The molecular formula is C26H31N3O4. The van der Waals surface area contributed by atoms with Crippen molar-refractivity contribution in [1.82, 2.24) is 15.5 Å². The van der Waals surface area contributed by atoms with Gasteiger partial charge in [-0.2, -0.15) is 0 Å². The molecule has 174 valence electrons. The summed E-state index contributed by atoms with van der Waals surface area (Å²) in [5.41, 5.74) is 2.57. The summed E-state index contributed by atoms with van der Waals surface area (Å²) in [6.45, 7) is 0.962. The SMILES string of the molecule is COc1cc2c(cc1OC)[C@@H]1CNC(=O)[C@H](C2)N1C1(C(=O)NCc2ccccc2)CCCC1. The standard InChI is InChI=1S/C26H31N3O4/c1-32-22-13-18-12-20-24(30)27-16-21(19(18)14-23(22)33-2)29(20)26(10-6-7-11-26)25(31)28-15-17-8-4-3-5-9-17/h3-5,8-9,13-14,20-21H,6-7,10-12,15-16H2,1-2H3,(H,27,30)(H,28,31)/t20-,21-/m0/s1. The summed E-state index contributed by atoms with van der Waals surface area (Å²) < 4.78 is 11.1. The minimum absolute atomic E-state index is 0.00572. The van der Waals surface area contributed by atoms with E-state index in [-0.39, 0.29) is 23.9 Å². The van der Waals surface area contributed by atoms with Crippen LogP contribution >= 0.6 is 0 Å². The van der Waals surface area contributed by atoms with E-state index in [0.29, 0.717) is 31.0 Å². The third-order valence-electron chi connectivity index (χ3n) is 7.51. The second-order valence-corrected chi connectivity index (χ2v) is 9.20. The molecule has 7 nitrogen and oxygen atoms in total. The molecule has 0 aromatic heterocycles. The Morgan fingerprint density at radius 1 is 1.09 bits per heavy atom. The van der Waals surface area contributed by atoms with E-state index in [1.165, 1.54) is 0 Å². The van der Waals surface area contributed by atoms with Crippen LogP contribution < -0.4 is 20.1 Å². The molecule has 2 aromatic carbocycles. The number of fused-ring (bicyclic) bond motifs is 4. The Morgan fingerprint density at radius 2 is 1.79 bits per heavy atom. The van der Waals surface area contributed by atoms with Crippen LogP contribution in [-0.4, -0.2) is 49.1 Å². The molecule has 3 aliphatic rings. The van der Waals surface area contributed by atoms with Crippen molar-refractivity contribution in [2.75, 3.05) is 20.8 Å². The predicted molar refractivity (Wildman–Crippen MR) is 124 cm³/mol. The lowest BCUT2D eigenvalue weighted by Crippen LogP contribution is -2.70. The van der Waals surface area contributed by atoms with Crippen LogP contribution in [-0.2, 0) is 22.6 Å². The van der Waals surface area contributed by atoms with E-state index in [2.05, 4.69) is 15.5 Å². The van der Waals surface area contributed by atoms with E-state index < -0.39 is 5.54 Å². The molecule has 1 saturated carbocycles. The molecule has 1 aliphatic carbocycles. The van der Waals surface area contributed by atoms with Crippen LogP contribution in [0.5, 0.6) is 11.5 Å². The summed E-state index contributed by atoms with van der Waals surface area (Å²) >= 11 is 0. The van der Waals surface area contributed by atoms with Gasteiger partial charge >= 0.3 is 0 Å². The first kappa shape index (κ1) is 21.8. The second-order valence-electron chi connectivity index (χ2n) is 9.20. The Balaban J connectivity index is 1.52. The Labute approximate surface area is 194 Å². The lowest BCUT2D eigenvalue weighted by molar-refractivity contribution is -0.149. The monoisotopic (exact) mass is 449 g/mol. The van der Waals surface area contributed by atoms with Crippen molar-refractivity contribution in [3.63, 3.8) is 0 Å². The van der Waals surface area contributed by atoms with E-state index in [4.69, 9.17) is 9.47 Å². The molecule has 2 aliphatic heterocycles. The average Bonchev–Trinajstić information content (AvgIpc) is 3.35. The Morgan fingerprint density at radius 3 is 2.48 bits per heavy atom. The quantitative estimate of drug-likeness (QED) is 0.709. The van der Waals surface area contributed by atoms with Crippen LogP contribution in [0.1, 0.15) is 48.4 Å². The van der Waals surface area contributed by atoms with Crippen molar-refractivity contribution in [3.05, 3.63) is 59.2 Å². The van der Waals surface area contributed by atoms with Crippen LogP contribution in [0.25, 0.3) is 0 Å². The molecule has 2 heterocycles. The Hall–Kier alpha value is -3.06. The zero-order chi connectivity index (χ0) is 23.0. The van der Waals surface area contributed by atoms with Gasteiger partial charge in [0.2, 0.25) is 11.8 Å². The number of rotatable bonds is 6. The smallest absolute Gasteiger partial charge is 0.240 e. The molecule has 0 radical (unpaired) electrons. The van der Waals surface area contributed by atoms with E-state index in [1.807, 2.05) is 42.5 Å². The van der Waals surface area contributed by atoms with E-state index in [0.717, 1.165) is 42.4 Å². The first-order chi connectivity index (χ1) is 16.1. The maximum atomic E-state index is 13.8. The van der Waals surface area contributed by atoms with Crippen LogP contribution in [0.2, 0.25) is 0 Å². The molecule has 2 N–H and O–H groups in total. The number of nitrogens with one attached hydrogen (secondary N) is 2. The van der Waals surface area contributed by atoms with Crippen molar-refractivity contribution in [2.24, 2.45) is 0 Å². The topological polar surface area (TPSA) is 79.9 Å². The lowest BCUT2D eigenvalue weighted by Gasteiger charge is -2.53. The maximum absolute atomic E-state index is 13.8. The van der Waals surface area contributed by atoms with E-state index >= 15 is 0 Å². The minimum atomic E-state index is -0.688. The highest BCUT2D eigenvalue weighted by Crippen LogP contribution is 2.48. The fourth-order valence-electron chi connectivity index (χ4n) is 5.94. The number of methoxy groups -OCH3 is 2. The molecule has 1 saturated heterocycles. The summed E-state index contributed by atoms with van der Waals surface area (Å²) in [7, 11) is 3.25. The zero-order valence-corrected chi connectivity index (χ0v) is 19.2. The van der Waals surface area contributed by atoms with E-state index in [1.54, 1.807) is 14.2 Å². The van der Waals surface area contributed by atoms with Gasteiger partial charge in [0.05, 0.1) is 26.3 Å². The Kier molecular flexibility index (Phi) is 5.74. The molecule has 33 heavy (non-hydrogen) atoms. The first-order valence-electron chi connectivity index (χ1n) is 11.7. The van der Waals surface area contributed by atoms with Gasteiger partial charge in [-0.05, 0) is 48.1 Å². The van der Waals surface area contributed by atoms with Crippen LogP contribution in [0.3, 0.4) is 0 Å². The molecule has 2 bridgehead atoms. The molecular weight excluding hydrogens is 418 g/mol. The van der Waals surface area contributed by atoms with E-state index in [9.17, 15) is 9.59 Å². The van der Waals surface area contributed by atoms with Gasteiger partial charge in [0.1, 0.15) is 5.54 Å². The summed E-state index contributed by atoms with van der Waals surface area (Å²) in [5, 5.41) is 6.27. The molecule has 2 amide bonds. The third-order valence-corrected chi connectivity index (χ3v) is 7.51. The van der Waals surface area contributed by atoms with Crippen molar-refractivity contribution in [1.29, 1.82) is 0 Å². The zero-order valence-electron chi connectivity index (χ0n) is 19.2. The molecule has 0 unspecified atom stereocenters. The molecule has 7 heteroatoms. The van der Waals surface area contributed by atoms with Crippen molar-refractivity contribution in [2.45, 2.75) is 56.3 Å². The molecule has 2 aromatic rings. The van der Waals surface area contributed by atoms with Crippen LogP contribution in [0.4, 0.5) is 0 Å². The van der Waals surface area contributed by atoms with Gasteiger partial charge in [-0.3, -0.25) is 14.5 Å². The molecule has 2 atom stereocenters. The van der Waals surface area contributed by atoms with Crippen molar-refractivity contribution >= 4 is 11.8 Å². The summed E-state index contributed by atoms with van der Waals surface area (Å²) in [6.07, 6.45) is 4.03. The van der Waals surface area contributed by atoms with Gasteiger partial charge < -0.3 is 20.1 Å². The number of carbonyl (C=O) groups is 2. The van der Waals surface area contributed by atoms with Crippen LogP contribution in [0.15, 0.2) is 42.5 Å². The fourth-order valence-corrected chi connectivity index (χ4v) is 5.94. The maximum Gasteiger partial charge on any atom is 0.240 e.